The van der Waals surface area contributed by atoms with Gasteiger partial charge >= 0.3 is 0 Å². The minimum Gasteiger partial charge on any atom is -0.321 e. The second kappa shape index (κ2) is 6.98. The molecule has 0 fully saturated rings. The van der Waals surface area contributed by atoms with Gasteiger partial charge in [-0.15, -0.1) is 0 Å². The lowest BCUT2D eigenvalue weighted by atomic mass is 9.95. The second-order valence-corrected chi connectivity index (χ2v) is 4.99. The third-order valence-corrected chi connectivity index (χ3v) is 3.33. The predicted molar refractivity (Wildman–Crippen MR) is 81.2 cm³/mol. The SMILES string of the molecule is NC(Cc1ccccc1)C(=O)C(N)Cc1ccccc1. The van der Waals surface area contributed by atoms with E-state index < -0.39 is 12.1 Å². The monoisotopic (exact) mass is 268 g/mol. The smallest absolute Gasteiger partial charge is 0.166 e. The van der Waals surface area contributed by atoms with Crippen LogP contribution in [-0.4, -0.2) is 17.9 Å². The van der Waals surface area contributed by atoms with Crippen LogP contribution in [0.3, 0.4) is 0 Å². The fourth-order valence-electron chi connectivity index (χ4n) is 2.21. The van der Waals surface area contributed by atoms with Crippen LogP contribution in [0.15, 0.2) is 60.7 Å². The van der Waals surface area contributed by atoms with Crippen molar-refractivity contribution in [3.8, 4) is 0 Å². The zero-order valence-corrected chi connectivity index (χ0v) is 11.4. The highest BCUT2D eigenvalue weighted by Gasteiger charge is 2.21. The van der Waals surface area contributed by atoms with Gasteiger partial charge in [0.05, 0.1) is 12.1 Å². The van der Waals surface area contributed by atoms with Crippen molar-refractivity contribution in [2.24, 2.45) is 11.5 Å². The van der Waals surface area contributed by atoms with E-state index in [1.807, 2.05) is 60.7 Å². The topological polar surface area (TPSA) is 69.1 Å². The van der Waals surface area contributed by atoms with Crippen LogP contribution in [-0.2, 0) is 17.6 Å². The lowest BCUT2D eigenvalue weighted by molar-refractivity contribution is -0.121. The van der Waals surface area contributed by atoms with E-state index in [1.165, 1.54) is 0 Å². The Morgan fingerprint density at radius 3 is 1.45 bits per heavy atom. The zero-order valence-electron chi connectivity index (χ0n) is 11.4. The van der Waals surface area contributed by atoms with Crippen LogP contribution in [0.2, 0.25) is 0 Å². The summed E-state index contributed by atoms with van der Waals surface area (Å²) in [5.74, 6) is -0.0855. The molecule has 2 unspecified atom stereocenters. The third-order valence-electron chi connectivity index (χ3n) is 3.33. The first-order chi connectivity index (χ1) is 9.66. The van der Waals surface area contributed by atoms with E-state index in [1.54, 1.807) is 0 Å². The van der Waals surface area contributed by atoms with Crippen molar-refractivity contribution in [3.63, 3.8) is 0 Å². The van der Waals surface area contributed by atoms with Gasteiger partial charge in [0.2, 0.25) is 0 Å². The molecule has 3 heteroatoms. The summed E-state index contributed by atoms with van der Waals surface area (Å²) in [6.07, 6.45) is 1.06. The Bertz CT molecular complexity index is 490. The van der Waals surface area contributed by atoms with Crippen molar-refractivity contribution in [2.75, 3.05) is 0 Å². The van der Waals surface area contributed by atoms with E-state index in [9.17, 15) is 4.79 Å². The number of hydrogen-bond donors (Lipinski definition) is 2. The molecule has 4 N–H and O–H groups in total. The predicted octanol–water partition coefficient (Wildman–Crippen LogP) is 1.70. The van der Waals surface area contributed by atoms with Crippen molar-refractivity contribution < 1.29 is 4.79 Å². The van der Waals surface area contributed by atoms with Gasteiger partial charge in [-0.1, -0.05) is 60.7 Å². The summed E-state index contributed by atoms with van der Waals surface area (Å²) in [5, 5.41) is 0. The molecule has 0 aliphatic heterocycles. The maximum absolute atomic E-state index is 12.2. The van der Waals surface area contributed by atoms with Gasteiger partial charge in [-0.2, -0.15) is 0 Å². The molecule has 2 aromatic carbocycles. The van der Waals surface area contributed by atoms with Crippen LogP contribution in [0.25, 0.3) is 0 Å². The molecule has 0 saturated carbocycles. The number of nitrogens with two attached hydrogens (primary N) is 2. The summed E-state index contributed by atoms with van der Waals surface area (Å²) in [7, 11) is 0. The molecular formula is C17H20N2O. The standard InChI is InChI=1S/C17H20N2O/c18-15(11-13-7-3-1-4-8-13)17(20)16(19)12-14-9-5-2-6-10-14/h1-10,15-16H,11-12,18-19H2. The molecule has 2 rings (SSSR count). The van der Waals surface area contributed by atoms with Crippen LogP contribution in [0, 0.1) is 0 Å². The lowest BCUT2D eigenvalue weighted by Gasteiger charge is -2.16. The molecule has 2 atom stereocenters. The van der Waals surface area contributed by atoms with Crippen molar-refractivity contribution in [1.29, 1.82) is 0 Å². The first-order valence-electron chi connectivity index (χ1n) is 6.79. The average molecular weight is 268 g/mol. The van der Waals surface area contributed by atoms with E-state index in [4.69, 9.17) is 11.5 Å². The number of hydrogen-bond acceptors (Lipinski definition) is 3. The van der Waals surface area contributed by atoms with Crippen LogP contribution < -0.4 is 11.5 Å². The molecule has 0 amide bonds. The van der Waals surface area contributed by atoms with Crippen molar-refractivity contribution in [1.82, 2.24) is 0 Å². The normalized spacial score (nSPS) is 13.7. The van der Waals surface area contributed by atoms with Crippen LogP contribution in [0.1, 0.15) is 11.1 Å². The first-order valence-corrected chi connectivity index (χ1v) is 6.79. The quantitative estimate of drug-likeness (QED) is 0.837. The summed E-state index contributed by atoms with van der Waals surface area (Å²) in [4.78, 5) is 12.2. The lowest BCUT2D eigenvalue weighted by Crippen LogP contribution is -2.45. The molecule has 0 bridgehead atoms. The summed E-state index contributed by atoms with van der Waals surface area (Å²) < 4.78 is 0. The van der Waals surface area contributed by atoms with Crippen molar-refractivity contribution in [3.05, 3.63) is 71.8 Å². The molecule has 0 aliphatic carbocycles. The number of carbonyl (C=O) groups is 1. The third kappa shape index (κ3) is 4.02. The highest BCUT2D eigenvalue weighted by atomic mass is 16.1. The van der Waals surface area contributed by atoms with Crippen LogP contribution in [0.4, 0.5) is 0 Å². The molecule has 0 heterocycles. The van der Waals surface area contributed by atoms with E-state index in [0.29, 0.717) is 12.8 Å². The number of Topliss-reactive ketones (excluding diaryl/α,β-unsaturated/α-hetero) is 1. The maximum atomic E-state index is 12.2. The van der Waals surface area contributed by atoms with Crippen molar-refractivity contribution >= 4 is 5.78 Å². The Labute approximate surface area is 119 Å². The van der Waals surface area contributed by atoms with Gasteiger partial charge in [-0.25, -0.2) is 0 Å². The highest BCUT2D eigenvalue weighted by Crippen LogP contribution is 2.07. The molecule has 0 radical (unpaired) electrons. The van der Waals surface area contributed by atoms with E-state index in [2.05, 4.69) is 0 Å². The van der Waals surface area contributed by atoms with Gasteiger partial charge in [0.15, 0.2) is 5.78 Å². The summed E-state index contributed by atoms with van der Waals surface area (Å²) in [6, 6.07) is 18.4. The van der Waals surface area contributed by atoms with Gasteiger partial charge in [0.1, 0.15) is 0 Å². The Balaban J connectivity index is 1.93. The molecule has 0 aromatic heterocycles. The summed E-state index contributed by atoms with van der Waals surface area (Å²) >= 11 is 0. The number of ketones is 1. The first kappa shape index (κ1) is 14.4. The minimum absolute atomic E-state index is 0.0855. The van der Waals surface area contributed by atoms with E-state index in [0.717, 1.165) is 11.1 Å². The molecule has 3 nitrogen and oxygen atoms in total. The number of rotatable bonds is 6. The van der Waals surface area contributed by atoms with Gasteiger partial charge in [0.25, 0.3) is 0 Å². The summed E-state index contributed by atoms with van der Waals surface area (Å²) in [6.45, 7) is 0. The number of carbonyl (C=O) groups excluding carboxylic acids is 1. The Hall–Kier alpha value is -1.97. The molecule has 0 aliphatic rings. The molecule has 2 aromatic rings. The summed E-state index contributed by atoms with van der Waals surface area (Å²) in [5.41, 5.74) is 14.1. The molecule has 20 heavy (non-hydrogen) atoms. The molecule has 0 saturated heterocycles. The highest BCUT2D eigenvalue weighted by molar-refractivity contribution is 5.89. The van der Waals surface area contributed by atoms with Gasteiger partial charge in [-0.05, 0) is 24.0 Å². The molecule has 0 spiro atoms. The van der Waals surface area contributed by atoms with Crippen molar-refractivity contribution in [2.45, 2.75) is 24.9 Å². The van der Waals surface area contributed by atoms with Crippen LogP contribution >= 0.6 is 0 Å². The fourth-order valence-corrected chi connectivity index (χ4v) is 2.21. The van der Waals surface area contributed by atoms with E-state index >= 15 is 0 Å². The Morgan fingerprint density at radius 2 is 1.10 bits per heavy atom. The number of benzene rings is 2. The van der Waals surface area contributed by atoms with Crippen LogP contribution in [0.5, 0.6) is 0 Å². The molecular weight excluding hydrogens is 248 g/mol. The second-order valence-electron chi connectivity index (χ2n) is 4.99. The van der Waals surface area contributed by atoms with Gasteiger partial charge < -0.3 is 11.5 Å². The van der Waals surface area contributed by atoms with E-state index in [-0.39, 0.29) is 5.78 Å². The van der Waals surface area contributed by atoms with Gasteiger partial charge in [0, 0.05) is 0 Å². The Kier molecular flexibility index (Phi) is 5.04. The minimum atomic E-state index is -0.545. The largest absolute Gasteiger partial charge is 0.321 e. The van der Waals surface area contributed by atoms with Gasteiger partial charge in [-0.3, -0.25) is 4.79 Å². The fraction of sp³-hybridized carbons (Fsp3) is 0.235. The maximum Gasteiger partial charge on any atom is 0.166 e. The Morgan fingerprint density at radius 1 is 0.750 bits per heavy atom. The zero-order chi connectivity index (χ0) is 14.4. The average Bonchev–Trinajstić information content (AvgIpc) is 2.48. The molecule has 104 valence electrons.